The summed E-state index contributed by atoms with van der Waals surface area (Å²) in [6, 6.07) is 14.9. The first-order chi connectivity index (χ1) is 16.2. The van der Waals surface area contributed by atoms with E-state index in [4.69, 9.17) is 9.84 Å². The molecule has 34 heavy (non-hydrogen) atoms. The predicted molar refractivity (Wildman–Crippen MR) is 128 cm³/mol. The van der Waals surface area contributed by atoms with Gasteiger partial charge in [-0.2, -0.15) is 0 Å². The highest BCUT2D eigenvalue weighted by atomic mass is 16.5. The third-order valence-corrected chi connectivity index (χ3v) is 5.53. The monoisotopic (exact) mass is 470 g/mol. The molecule has 8 nitrogen and oxygen atoms in total. The summed E-state index contributed by atoms with van der Waals surface area (Å²) in [6.45, 7) is 3.65. The van der Waals surface area contributed by atoms with E-state index < -0.39 is 30.1 Å². The van der Waals surface area contributed by atoms with Gasteiger partial charge in [0.2, 0.25) is 11.8 Å². The number of aliphatic hydroxyl groups excluding tert-OH is 1. The number of carbonyl (C=O) groups excluding carboxylic acids is 2. The number of carboxylic acids is 1. The van der Waals surface area contributed by atoms with Crippen LogP contribution in [0.15, 0.2) is 54.6 Å². The number of ether oxygens (including phenoxy) is 1. The van der Waals surface area contributed by atoms with Gasteiger partial charge in [-0.15, -0.1) is 0 Å². The maximum atomic E-state index is 13.1. The fourth-order valence-electron chi connectivity index (χ4n) is 3.58. The Bertz CT molecular complexity index is 930. The van der Waals surface area contributed by atoms with Gasteiger partial charge in [-0.1, -0.05) is 56.3 Å². The molecule has 184 valence electrons. The molecule has 2 aromatic rings. The van der Waals surface area contributed by atoms with E-state index in [0.717, 1.165) is 11.1 Å². The van der Waals surface area contributed by atoms with Crippen molar-refractivity contribution in [3.63, 3.8) is 0 Å². The predicted octanol–water partition coefficient (Wildman–Crippen LogP) is 2.33. The zero-order valence-electron chi connectivity index (χ0n) is 19.9. The van der Waals surface area contributed by atoms with Crippen molar-refractivity contribution in [1.29, 1.82) is 0 Å². The molecule has 0 bridgehead atoms. The highest BCUT2D eigenvalue weighted by Gasteiger charge is 2.29. The molecule has 0 aromatic heterocycles. The van der Waals surface area contributed by atoms with Crippen LogP contribution in [0.4, 0.5) is 0 Å². The van der Waals surface area contributed by atoms with Crippen LogP contribution < -0.4 is 15.4 Å². The van der Waals surface area contributed by atoms with E-state index in [1.54, 1.807) is 31.4 Å². The minimum Gasteiger partial charge on any atom is -0.497 e. The molecule has 3 atom stereocenters. The largest absolute Gasteiger partial charge is 0.497 e. The first-order valence-electron chi connectivity index (χ1n) is 11.4. The van der Waals surface area contributed by atoms with Crippen molar-refractivity contribution in [3.8, 4) is 5.75 Å². The molecule has 0 saturated carbocycles. The van der Waals surface area contributed by atoms with Gasteiger partial charge < -0.3 is 25.6 Å². The zero-order chi connectivity index (χ0) is 25.1. The number of benzene rings is 2. The summed E-state index contributed by atoms with van der Waals surface area (Å²) in [6.07, 6.45) is -0.826. The van der Waals surface area contributed by atoms with Crippen molar-refractivity contribution in [3.05, 3.63) is 65.7 Å². The molecule has 4 N–H and O–H groups in total. The highest BCUT2D eigenvalue weighted by molar-refractivity contribution is 5.88. The number of hydrogen-bond donors (Lipinski definition) is 4. The van der Waals surface area contributed by atoms with Gasteiger partial charge in [0.15, 0.2) is 0 Å². The van der Waals surface area contributed by atoms with Crippen molar-refractivity contribution in [2.45, 2.75) is 57.7 Å². The minimum atomic E-state index is -1.05. The van der Waals surface area contributed by atoms with E-state index in [-0.39, 0.29) is 31.1 Å². The van der Waals surface area contributed by atoms with Crippen LogP contribution in [0.1, 0.15) is 37.8 Å². The Labute approximate surface area is 200 Å². The summed E-state index contributed by atoms with van der Waals surface area (Å²) < 4.78 is 5.12. The molecule has 0 aliphatic heterocycles. The van der Waals surface area contributed by atoms with Crippen molar-refractivity contribution >= 4 is 17.8 Å². The Morgan fingerprint density at radius 1 is 0.941 bits per heavy atom. The van der Waals surface area contributed by atoms with E-state index in [0.29, 0.717) is 12.2 Å². The number of aliphatic hydroxyl groups is 1. The summed E-state index contributed by atoms with van der Waals surface area (Å²) in [7, 11) is 1.57. The summed E-state index contributed by atoms with van der Waals surface area (Å²) in [4.78, 5) is 36.7. The number of carbonyl (C=O) groups is 3. The van der Waals surface area contributed by atoms with Crippen LogP contribution in [0, 0.1) is 5.92 Å². The second-order valence-corrected chi connectivity index (χ2v) is 8.62. The SMILES string of the molecule is COc1ccc(CC(=O)NC(C(=O)N[C@@H](Cc2ccccc2)[C@@H](O)CCC(=O)O)C(C)C)cc1. The van der Waals surface area contributed by atoms with Crippen LogP contribution in [-0.4, -0.2) is 53.3 Å². The summed E-state index contributed by atoms with van der Waals surface area (Å²) in [5, 5.41) is 25.2. The fourth-order valence-corrected chi connectivity index (χ4v) is 3.58. The van der Waals surface area contributed by atoms with Crippen molar-refractivity contribution < 1.29 is 29.3 Å². The number of aliphatic carboxylic acids is 1. The van der Waals surface area contributed by atoms with Gasteiger partial charge in [-0.3, -0.25) is 14.4 Å². The second kappa shape index (κ2) is 13.3. The van der Waals surface area contributed by atoms with Gasteiger partial charge in [0.05, 0.1) is 25.7 Å². The molecule has 0 fully saturated rings. The molecule has 2 rings (SSSR count). The van der Waals surface area contributed by atoms with Gasteiger partial charge in [-0.05, 0) is 42.0 Å². The Balaban J connectivity index is 2.08. The van der Waals surface area contributed by atoms with Crippen LogP contribution in [0.25, 0.3) is 0 Å². The molecule has 8 heteroatoms. The molecular weight excluding hydrogens is 436 g/mol. The first-order valence-corrected chi connectivity index (χ1v) is 11.4. The minimum absolute atomic E-state index is 0.00326. The van der Waals surface area contributed by atoms with Crippen LogP contribution in [0.2, 0.25) is 0 Å². The Morgan fingerprint density at radius 3 is 2.15 bits per heavy atom. The normalized spacial score (nSPS) is 13.6. The Morgan fingerprint density at radius 2 is 1.59 bits per heavy atom. The van der Waals surface area contributed by atoms with Crippen LogP contribution >= 0.6 is 0 Å². The lowest BCUT2D eigenvalue weighted by molar-refractivity contribution is -0.137. The van der Waals surface area contributed by atoms with Gasteiger partial charge in [0, 0.05) is 6.42 Å². The molecule has 0 aliphatic rings. The molecule has 1 unspecified atom stereocenters. The van der Waals surface area contributed by atoms with Gasteiger partial charge in [-0.25, -0.2) is 0 Å². The third kappa shape index (κ3) is 8.86. The van der Waals surface area contributed by atoms with E-state index >= 15 is 0 Å². The van der Waals surface area contributed by atoms with E-state index in [1.165, 1.54) is 0 Å². The van der Waals surface area contributed by atoms with Gasteiger partial charge >= 0.3 is 5.97 Å². The maximum absolute atomic E-state index is 13.1. The van der Waals surface area contributed by atoms with E-state index in [9.17, 15) is 19.5 Å². The number of amides is 2. The topological polar surface area (TPSA) is 125 Å². The third-order valence-electron chi connectivity index (χ3n) is 5.53. The summed E-state index contributed by atoms with van der Waals surface area (Å²) in [5.74, 6) is -1.25. The second-order valence-electron chi connectivity index (χ2n) is 8.62. The van der Waals surface area contributed by atoms with Gasteiger partial charge in [0.1, 0.15) is 11.8 Å². The smallest absolute Gasteiger partial charge is 0.303 e. The summed E-state index contributed by atoms with van der Waals surface area (Å²) in [5.41, 5.74) is 1.68. The lowest BCUT2D eigenvalue weighted by atomic mass is 9.96. The van der Waals surface area contributed by atoms with Crippen LogP contribution in [-0.2, 0) is 27.2 Å². The molecular formula is C26H34N2O6. The van der Waals surface area contributed by atoms with Gasteiger partial charge in [0.25, 0.3) is 0 Å². The number of hydrogen-bond acceptors (Lipinski definition) is 5. The molecule has 0 saturated heterocycles. The summed E-state index contributed by atoms with van der Waals surface area (Å²) >= 11 is 0. The quantitative estimate of drug-likeness (QED) is 0.356. The van der Waals surface area contributed by atoms with Crippen LogP contribution in [0.5, 0.6) is 5.75 Å². The standard InChI is InChI=1S/C26H34N2O6/c1-17(2)25(28-23(30)16-19-9-11-20(34-3)12-10-19)26(33)27-21(22(29)13-14-24(31)32)15-18-7-5-4-6-8-18/h4-12,17,21-22,25,29H,13-16H2,1-3H3,(H,27,33)(H,28,30)(H,31,32)/t21-,22-,25?/m0/s1. The molecule has 2 amide bonds. The number of rotatable bonds is 13. The molecule has 0 spiro atoms. The number of nitrogens with one attached hydrogen (secondary N) is 2. The van der Waals surface area contributed by atoms with E-state index in [2.05, 4.69) is 10.6 Å². The number of methoxy groups -OCH3 is 1. The fraction of sp³-hybridized carbons (Fsp3) is 0.423. The lowest BCUT2D eigenvalue weighted by Crippen LogP contribution is -2.55. The number of carboxylic acid groups (broad SMARTS) is 1. The van der Waals surface area contributed by atoms with Crippen molar-refractivity contribution in [2.75, 3.05) is 7.11 Å². The average molecular weight is 471 g/mol. The maximum Gasteiger partial charge on any atom is 0.303 e. The Kier molecular flexibility index (Phi) is 10.5. The average Bonchev–Trinajstić information content (AvgIpc) is 2.81. The van der Waals surface area contributed by atoms with Crippen molar-refractivity contribution in [1.82, 2.24) is 10.6 Å². The molecule has 2 aromatic carbocycles. The van der Waals surface area contributed by atoms with E-state index in [1.807, 2.05) is 44.2 Å². The lowest BCUT2D eigenvalue weighted by Gasteiger charge is -2.28. The first kappa shape index (κ1) is 26.9. The van der Waals surface area contributed by atoms with Crippen LogP contribution in [0.3, 0.4) is 0 Å². The highest BCUT2D eigenvalue weighted by Crippen LogP contribution is 2.14. The molecule has 0 radical (unpaired) electrons. The molecule has 0 aliphatic carbocycles. The van der Waals surface area contributed by atoms with Crippen molar-refractivity contribution in [2.24, 2.45) is 5.92 Å². The zero-order valence-corrected chi connectivity index (χ0v) is 19.9. The Hall–Kier alpha value is -3.39. The molecule has 0 heterocycles.